The maximum Gasteiger partial charge on any atom is 0.322 e. The van der Waals surface area contributed by atoms with E-state index in [-0.39, 0.29) is 17.9 Å². The number of anilines is 1. The molecule has 2 heterocycles. The summed E-state index contributed by atoms with van der Waals surface area (Å²) in [7, 11) is 0. The highest BCUT2D eigenvalue weighted by Gasteiger charge is 2.28. The number of aliphatic hydroxyl groups excluding tert-OH is 1. The minimum atomic E-state index is -0.552. The summed E-state index contributed by atoms with van der Waals surface area (Å²) in [5.41, 5.74) is 0.577. The van der Waals surface area contributed by atoms with Crippen molar-refractivity contribution in [2.45, 2.75) is 44.2 Å². The lowest BCUT2D eigenvalue weighted by Gasteiger charge is -2.31. The molecule has 3 rings (SSSR count). The molecule has 4 nitrogen and oxygen atoms in total. The first-order chi connectivity index (χ1) is 12.1. The molecule has 1 aliphatic heterocycles. The summed E-state index contributed by atoms with van der Waals surface area (Å²) in [6, 6.07) is 9.44. The van der Waals surface area contributed by atoms with Crippen LogP contribution in [0.25, 0.3) is 0 Å². The minimum Gasteiger partial charge on any atom is -0.387 e. The van der Waals surface area contributed by atoms with Gasteiger partial charge in [-0.2, -0.15) is 0 Å². The monoisotopic (exact) mass is 362 g/mol. The first-order valence-corrected chi connectivity index (χ1v) is 9.56. The molecule has 0 bridgehead atoms. The zero-order chi connectivity index (χ0) is 17.6. The van der Waals surface area contributed by atoms with E-state index in [4.69, 9.17) is 0 Å². The van der Waals surface area contributed by atoms with Crippen LogP contribution in [-0.2, 0) is 0 Å². The Morgan fingerprint density at radius 2 is 2.08 bits per heavy atom. The summed E-state index contributed by atoms with van der Waals surface area (Å²) >= 11 is 1.53. The molecule has 2 amide bonds. The number of hydrogen-bond acceptors (Lipinski definition) is 3. The number of urea groups is 1. The number of rotatable bonds is 4. The molecule has 25 heavy (non-hydrogen) atoms. The summed E-state index contributed by atoms with van der Waals surface area (Å²) in [6.45, 7) is 0.675. The molecule has 0 radical (unpaired) electrons. The Morgan fingerprint density at radius 1 is 1.28 bits per heavy atom. The second-order valence-electron chi connectivity index (χ2n) is 6.40. The van der Waals surface area contributed by atoms with Gasteiger partial charge in [0.25, 0.3) is 0 Å². The highest BCUT2D eigenvalue weighted by atomic mass is 32.1. The van der Waals surface area contributed by atoms with Crippen molar-refractivity contribution in [3.05, 3.63) is 52.5 Å². The Morgan fingerprint density at radius 3 is 2.80 bits per heavy atom. The molecule has 2 aromatic rings. The van der Waals surface area contributed by atoms with Crippen LogP contribution in [0.3, 0.4) is 0 Å². The number of carbonyl (C=O) groups excluding carboxylic acids is 1. The molecule has 134 valence electrons. The van der Waals surface area contributed by atoms with Gasteiger partial charge in [-0.05, 0) is 55.0 Å². The number of hydrogen-bond donors (Lipinski definition) is 2. The Hall–Kier alpha value is -1.92. The molecule has 2 N–H and O–H groups in total. The average molecular weight is 362 g/mol. The van der Waals surface area contributed by atoms with E-state index in [1.54, 1.807) is 12.1 Å². The molecule has 0 spiro atoms. The van der Waals surface area contributed by atoms with E-state index in [1.807, 2.05) is 22.4 Å². The molecular weight excluding hydrogens is 339 g/mol. The average Bonchev–Trinajstić information content (AvgIpc) is 3.04. The number of likely N-dealkylation sites (tertiary alicyclic amines) is 1. The number of thiophene rings is 1. The van der Waals surface area contributed by atoms with E-state index in [2.05, 4.69) is 5.32 Å². The molecule has 1 saturated heterocycles. The second-order valence-corrected chi connectivity index (χ2v) is 7.38. The van der Waals surface area contributed by atoms with E-state index in [9.17, 15) is 14.3 Å². The Bertz CT molecular complexity index is 675. The number of nitrogens with one attached hydrogen (secondary N) is 1. The quantitative estimate of drug-likeness (QED) is 0.822. The third kappa shape index (κ3) is 4.80. The van der Waals surface area contributed by atoms with Gasteiger partial charge < -0.3 is 15.3 Å². The summed E-state index contributed by atoms with van der Waals surface area (Å²) in [6.07, 6.45) is 3.98. The molecule has 1 aromatic carbocycles. The van der Waals surface area contributed by atoms with Crippen LogP contribution in [0.1, 0.15) is 43.1 Å². The first-order valence-electron chi connectivity index (χ1n) is 8.68. The van der Waals surface area contributed by atoms with Crippen molar-refractivity contribution in [1.29, 1.82) is 0 Å². The van der Waals surface area contributed by atoms with Crippen LogP contribution in [0, 0.1) is 5.82 Å². The fraction of sp³-hybridized carbons (Fsp3) is 0.421. The zero-order valence-corrected chi connectivity index (χ0v) is 14.8. The normalized spacial score (nSPS) is 19.3. The Kier molecular flexibility index (Phi) is 6.04. The highest BCUT2D eigenvalue weighted by molar-refractivity contribution is 7.10. The maximum atomic E-state index is 13.0. The highest BCUT2D eigenvalue weighted by Crippen LogP contribution is 2.29. The van der Waals surface area contributed by atoms with Gasteiger partial charge in [0, 0.05) is 23.2 Å². The van der Waals surface area contributed by atoms with Crippen molar-refractivity contribution in [2.24, 2.45) is 0 Å². The lowest BCUT2D eigenvalue weighted by molar-refractivity contribution is 0.118. The van der Waals surface area contributed by atoms with E-state index >= 15 is 0 Å². The third-order valence-corrected chi connectivity index (χ3v) is 5.57. The van der Waals surface area contributed by atoms with E-state index in [0.717, 1.165) is 30.6 Å². The van der Waals surface area contributed by atoms with Crippen molar-refractivity contribution < 1.29 is 14.3 Å². The maximum absolute atomic E-state index is 13.0. The standard InChI is InChI=1S/C19H23FN2O2S/c20-14-7-9-15(10-8-14)21-19(24)22-11-3-1-2-5-16(22)13-17(23)18-6-4-12-25-18/h4,6-10,12,16-17,23H,1-3,5,11,13H2,(H,21,24)/t16-,17-/m0/s1. The fourth-order valence-corrected chi connectivity index (χ4v) is 4.00. The van der Waals surface area contributed by atoms with Gasteiger partial charge >= 0.3 is 6.03 Å². The lowest BCUT2D eigenvalue weighted by Crippen LogP contribution is -2.43. The number of nitrogens with zero attached hydrogens (tertiary/aromatic N) is 1. The zero-order valence-electron chi connectivity index (χ0n) is 14.0. The predicted molar refractivity (Wildman–Crippen MR) is 98.3 cm³/mol. The van der Waals surface area contributed by atoms with Crippen LogP contribution in [0.4, 0.5) is 14.9 Å². The van der Waals surface area contributed by atoms with Gasteiger partial charge in [-0.25, -0.2) is 9.18 Å². The Labute approximate surface area is 151 Å². The van der Waals surface area contributed by atoms with Crippen molar-refractivity contribution >= 4 is 23.1 Å². The van der Waals surface area contributed by atoms with Gasteiger partial charge in [-0.3, -0.25) is 0 Å². The number of amides is 2. The molecular formula is C19H23FN2O2S. The topological polar surface area (TPSA) is 52.6 Å². The molecule has 6 heteroatoms. The van der Waals surface area contributed by atoms with Gasteiger partial charge in [-0.1, -0.05) is 18.9 Å². The van der Waals surface area contributed by atoms with E-state index < -0.39 is 6.10 Å². The van der Waals surface area contributed by atoms with Crippen molar-refractivity contribution in [3.8, 4) is 0 Å². The number of aliphatic hydroxyl groups is 1. The SMILES string of the molecule is O=C(Nc1ccc(F)cc1)N1CCCCC[C@H]1C[C@H](O)c1cccs1. The number of benzene rings is 1. The minimum absolute atomic E-state index is 0.0000448. The second kappa shape index (κ2) is 8.45. The molecule has 0 saturated carbocycles. The van der Waals surface area contributed by atoms with Crippen molar-refractivity contribution in [2.75, 3.05) is 11.9 Å². The largest absolute Gasteiger partial charge is 0.387 e. The van der Waals surface area contributed by atoms with Crippen molar-refractivity contribution in [1.82, 2.24) is 4.90 Å². The first kappa shape index (κ1) is 17.9. The number of halogens is 1. The van der Waals surface area contributed by atoms with Crippen molar-refractivity contribution in [3.63, 3.8) is 0 Å². The summed E-state index contributed by atoms with van der Waals surface area (Å²) < 4.78 is 13.0. The van der Waals surface area contributed by atoms with E-state index in [1.165, 1.54) is 23.5 Å². The van der Waals surface area contributed by atoms with Crippen LogP contribution in [-0.4, -0.2) is 28.6 Å². The van der Waals surface area contributed by atoms with Gasteiger partial charge in [0.2, 0.25) is 0 Å². The molecule has 1 fully saturated rings. The molecule has 0 unspecified atom stereocenters. The van der Waals surface area contributed by atoms with Gasteiger partial charge in [-0.15, -0.1) is 11.3 Å². The smallest absolute Gasteiger partial charge is 0.322 e. The van der Waals surface area contributed by atoms with Crippen LogP contribution >= 0.6 is 11.3 Å². The molecule has 0 aliphatic carbocycles. The Balaban J connectivity index is 1.68. The molecule has 1 aromatic heterocycles. The fourth-order valence-electron chi connectivity index (χ4n) is 3.27. The molecule has 2 atom stereocenters. The predicted octanol–water partition coefficient (Wildman–Crippen LogP) is 4.79. The van der Waals surface area contributed by atoms with E-state index in [0.29, 0.717) is 18.7 Å². The third-order valence-electron chi connectivity index (χ3n) is 4.60. The number of carbonyl (C=O) groups is 1. The summed E-state index contributed by atoms with van der Waals surface area (Å²) in [5.74, 6) is -0.329. The summed E-state index contributed by atoms with van der Waals surface area (Å²) in [4.78, 5) is 15.5. The van der Waals surface area contributed by atoms with Crippen LogP contribution in [0.5, 0.6) is 0 Å². The van der Waals surface area contributed by atoms with Gasteiger partial charge in [0.1, 0.15) is 5.82 Å². The van der Waals surface area contributed by atoms with Crippen LogP contribution in [0.2, 0.25) is 0 Å². The summed E-state index contributed by atoms with van der Waals surface area (Å²) in [5, 5.41) is 15.3. The van der Waals surface area contributed by atoms with Gasteiger partial charge in [0.15, 0.2) is 0 Å². The van der Waals surface area contributed by atoms with Crippen LogP contribution < -0.4 is 5.32 Å². The van der Waals surface area contributed by atoms with Gasteiger partial charge in [0.05, 0.1) is 6.10 Å². The van der Waals surface area contributed by atoms with Crippen LogP contribution in [0.15, 0.2) is 41.8 Å². The lowest BCUT2D eigenvalue weighted by atomic mass is 10.0. The molecule has 1 aliphatic rings.